The molecule has 0 aliphatic carbocycles. The van der Waals surface area contributed by atoms with Crippen molar-refractivity contribution >= 4 is 11.5 Å². The third-order valence-corrected chi connectivity index (χ3v) is 6.74. The van der Waals surface area contributed by atoms with Crippen LogP contribution in [0, 0.1) is 13.8 Å². The van der Waals surface area contributed by atoms with Crippen LogP contribution < -0.4 is 5.73 Å². The summed E-state index contributed by atoms with van der Waals surface area (Å²) in [6.45, 7) is 7.41. The highest BCUT2D eigenvalue weighted by atomic mass is 16.1. The minimum Gasteiger partial charge on any atom is -0.398 e. The quantitative estimate of drug-likeness (QED) is 0.477. The van der Waals surface area contributed by atoms with Crippen molar-refractivity contribution in [1.29, 1.82) is 0 Å². The number of nitrogens with zero attached hydrogens (tertiary/aromatic N) is 3. The molecular weight excluding hydrogens is 384 g/mol. The molecule has 0 unspecified atom stereocenters. The minimum atomic E-state index is 0.112. The van der Waals surface area contributed by atoms with E-state index in [0.717, 1.165) is 49.3 Å². The van der Waals surface area contributed by atoms with E-state index in [-0.39, 0.29) is 5.78 Å². The second-order valence-electron chi connectivity index (χ2n) is 8.74. The van der Waals surface area contributed by atoms with Gasteiger partial charge in [0.25, 0.3) is 0 Å². The summed E-state index contributed by atoms with van der Waals surface area (Å²) in [7, 11) is 2.02. The number of likely N-dealkylation sites (tertiary alicyclic amines) is 1. The van der Waals surface area contributed by atoms with Crippen molar-refractivity contribution in [3.63, 3.8) is 0 Å². The maximum atomic E-state index is 12.7. The number of carbonyl (C=O) groups excluding carboxylic acids is 1. The highest BCUT2D eigenvalue weighted by molar-refractivity contribution is 5.98. The van der Waals surface area contributed by atoms with E-state index in [4.69, 9.17) is 5.73 Å². The number of hydrogen-bond acceptors (Lipinski definition) is 4. The zero-order valence-electron chi connectivity index (χ0n) is 18.8. The number of rotatable bonds is 6. The largest absolute Gasteiger partial charge is 0.398 e. The fourth-order valence-corrected chi connectivity index (χ4v) is 4.61. The van der Waals surface area contributed by atoms with Gasteiger partial charge >= 0.3 is 0 Å². The van der Waals surface area contributed by atoms with E-state index in [1.54, 1.807) is 0 Å². The second-order valence-corrected chi connectivity index (χ2v) is 8.74. The van der Waals surface area contributed by atoms with E-state index >= 15 is 0 Å². The first-order valence-electron chi connectivity index (χ1n) is 11.1. The van der Waals surface area contributed by atoms with Gasteiger partial charge in [-0.2, -0.15) is 5.10 Å². The Kier molecular flexibility index (Phi) is 6.23. The number of piperidine rings is 1. The molecule has 0 amide bonds. The van der Waals surface area contributed by atoms with Gasteiger partial charge in [0.15, 0.2) is 5.78 Å². The fraction of sp³-hybridized carbons (Fsp3) is 0.385. The molecule has 1 aliphatic rings. The van der Waals surface area contributed by atoms with Crippen molar-refractivity contribution in [3.05, 3.63) is 82.2 Å². The van der Waals surface area contributed by atoms with Gasteiger partial charge in [0.1, 0.15) is 0 Å². The van der Waals surface area contributed by atoms with Crippen molar-refractivity contribution in [1.82, 2.24) is 14.7 Å². The molecule has 0 radical (unpaired) electrons. The smallest absolute Gasteiger partial charge is 0.167 e. The number of ketones is 1. The zero-order valence-corrected chi connectivity index (χ0v) is 18.8. The third kappa shape index (κ3) is 4.72. The molecule has 2 aromatic carbocycles. The number of aryl methyl sites for hydroxylation is 2. The first-order chi connectivity index (χ1) is 14.9. The Bertz CT molecular complexity index is 1060. The molecule has 0 saturated carbocycles. The predicted molar refractivity (Wildman–Crippen MR) is 125 cm³/mol. The normalized spacial score (nSPS) is 15.3. The maximum Gasteiger partial charge on any atom is 0.167 e. The van der Waals surface area contributed by atoms with E-state index in [1.807, 2.05) is 48.1 Å². The van der Waals surface area contributed by atoms with Gasteiger partial charge in [0.2, 0.25) is 0 Å². The van der Waals surface area contributed by atoms with Crippen LogP contribution in [-0.2, 0) is 20.0 Å². The van der Waals surface area contributed by atoms with Crippen LogP contribution in [0.25, 0.3) is 0 Å². The Morgan fingerprint density at radius 2 is 1.74 bits per heavy atom. The van der Waals surface area contributed by atoms with Crippen molar-refractivity contribution in [2.45, 2.75) is 45.6 Å². The van der Waals surface area contributed by atoms with Gasteiger partial charge in [-0.15, -0.1) is 0 Å². The molecular formula is C26H32N4O. The lowest BCUT2D eigenvalue weighted by molar-refractivity contribution is 0.0993. The zero-order chi connectivity index (χ0) is 22.0. The SMILES string of the molecule is Cc1nn(C)c(C)c1CN1CCC(c2ccc(C(=O)Cc3ccccc3N)cc2)CC1. The van der Waals surface area contributed by atoms with Crippen molar-refractivity contribution in [3.8, 4) is 0 Å². The Morgan fingerprint density at radius 3 is 2.35 bits per heavy atom. The van der Waals surface area contributed by atoms with Crippen molar-refractivity contribution in [2.24, 2.45) is 7.05 Å². The van der Waals surface area contributed by atoms with Gasteiger partial charge < -0.3 is 5.73 Å². The van der Waals surface area contributed by atoms with Crippen molar-refractivity contribution < 1.29 is 4.79 Å². The summed E-state index contributed by atoms with van der Waals surface area (Å²) >= 11 is 0. The average molecular weight is 417 g/mol. The summed E-state index contributed by atoms with van der Waals surface area (Å²) in [5.41, 5.74) is 13.4. The highest BCUT2D eigenvalue weighted by Gasteiger charge is 2.22. The summed E-state index contributed by atoms with van der Waals surface area (Å²) in [4.78, 5) is 15.2. The van der Waals surface area contributed by atoms with Crippen LogP contribution in [0.15, 0.2) is 48.5 Å². The first-order valence-corrected chi connectivity index (χ1v) is 11.1. The Balaban J connectivity index is 1.34. The van der Waals surface area contributed by atoms with Crippen LogP contribution in [-0.4, -0.2) is 33.6 Å². The molecule has 1 aliphatic heterocycles. The monoisotopic (exact) mass is 416 g/mol. The van der Waals surface area contributed by atoms with E-state index in [1.165, 1.54) is 16.8 Å². The molecule has 1 fully saturated rings. The molecule has 4 rings (SSSR count). The van der Waals surface area contributed by atoms with Gasteiger partial charge in [-0.25, -0.2) is 0 Å². The maximum absolute atomic E-state index is 12.7. The predicted octanol–water partition coefficient (Wildman–Crippen LogP) is 4.42. The number of aromatic nitrogens is 2. The molecule has 1 saturated heterocycles. The molecule has 2 N–H and O–H groups in total. The van der Waals surface area contributed by atoms with Gasteiger partial charge in [-0.1, -0.05) is 42.5 Å². The Morgan fingerprint density at radius 1 is 1.06 bits per heavy atom. The third-order valence-electron chi connectivity index (χ3n) is 6.74. The molecule has 5 heteroatoms. The minimum absolute atomic E-state index is 0.112. The van der Waals surface area contributed by atoms with Gasteiger partial charge in [0.05, 0.1) is 5.69 Å². The fourth-order valence-electron chi connectivity index (χ4n) is 4.61. The molecule has 31 heavy (non-hydrogen) atoms. The lowest BCUT2D eigenvalue weighted by Crippen LogP contribution is -2.32. The Labute approximate surface area is 184 Å². The number of carbonyl (C=O) groups is 1. The number of Topliss-reactive ketones (excluding diaryl/α,β-unsaturated/α-hetero) is 1. The van der Waals surface area contributed by atoms with Crippen LogP contribution in [0.3, 0.4) is 0 Å². The van der Waals surface area contributed by atoms with Gasteiger partial charge in [-0.3, -0.25) is 14.4 Å². The molecule has 5 nitrogen and oxygen atoms in total. The Hall–Kier alpha value is -2.92. The molecule has 162 valence electrons. The molecule has 3 aromatic rings. The number of nitrogens with two attached hydrogens (primary N) is 1. The van der Waals surface area contributed by atoms with Crippen molar-refractivity contribution in [2.75, 3.05) is 18.8 Å². The van der Waals surface area contributed by atoms with Gasteiger partial charge in [-0.05, 0) is 62.9 Å². The molecule has 2 heterocycles. The lowest BCUT2D eigenvalue weighted by atomic mass is 9.88. The van der Waals surface area contributed by atoms with Gasteiger partial charge in [0, 0.05) is 42.5 Å². The number of benzene rings is 2. The number of hydrogen-bond donors (Lipinski definition) is 1. The van der Waals surface area contributed by atoms with Crippen LogP contribution in [0.4, 0.5) is 5.69 Å². The highest BCUT2D eigenvalue weighted by Crippen LogP contribution is 2.29. The molecule has 0 bridgehead atoms. The van der Waals surface area contributed by atoms with E-state index in [0.29, 0.717) is 18.0 Å². The summed E-state index contributed by atoms with van der Waals surface area (Å²) in [6.07, 6.45) is 2.63. The topological polar surface area (TPSA) is 64.2 Å². The van der Waals surface area contributed by atoms with Crippen LogP contribution in [0.2, 0.25) is 0 Å². The average Bonchev–Trinajstić information content (AvgIpc) is 3.02. The van der Waals surface area contributed by atoms with E-state index in [2.05, 4.69) is 36.0 Å². The summed E-state index contributed by atoms with van der Waals surface area (Å²) in [5, 5.41) is 4.55. The lowest BCUT2D eigenvalue weighted by Gasteiger charge is -2.32. The summed E-state index contributed by atoms with van der Waals surface area (Å²) in [5.74, 6) is 0.669. The standard InChI is InChI=1S/C26H32N4O/c1-18-24(19(2)29(3)28-18)17-30-14-12-21(13-15-30)20-8-10-22(11-9-20)26(31)16-23-6-4-5-7-25(23)27/h4-11,21H,12-17,27H2,1-3H3. The van der Waals surface area contributed by atoms with E-state index in [9.17, 15) is 4.79 Å². The number of nitrogen functional groups attached to an aromatic ring is 1. The molecule has 1 aromatic heterocycles. The van der Waals surface area contributed by atoms with E-state index < -0.39 is 0 Å². The number of anilines is 1. The first kappa shape index (κ1) is 21.3. The second kappa shape index (κ2) is 9.06. The number of para-hydroxylation sites is 1. The summed E-state index contributed by atoms with van der Waals surface area (Å²) < 4.78 is 1.98. The van der Waals surface area contributed by atoms with Crippen LogP contribution >= 0.6 is 0 Å². The molecule has 0 spiro atoms. The summed E-state index contributed by atoms with van der Waals surface area (Å²) in [6, 6.07) is 15.8. The van der Waals surface area contributed by atoms with Crippen LogP contribution in [0.1, 0.15) is 57.2 Å². The van der Waals surface area contributed by atoms with Crippen LogP contribution in [0.5, 0.6) is 0 Å². The molecule has 0 atom stereocenters.